The molecule has 0 bridgehead atoms. The van der Waals surface area contributed by atoms with Crippen LogP contribution >= 0.6 is 0 Å². The highest BCUT2D eigenvalue weighted by Crippen LogP contribution is 2.30. The van der Waals surface area contributed by atoms with Gasteiger partial charge in [0.05, 0.1) is 4.90 Å². The summed E-state index contributed by atoms with van der Waals surface area (Å²) in [5.74, 6) is 0. The van der Waals surface area contributed by atoms with Gasteiger partial charge in [-0.1, -0.05) is 19.1 Å². The number of nitrogens with zero attached hydrogens (tertiary/aromatic N) is 1. The van der Waals surface area contributed by atoms with E-state index in [2.05, 4.69) is 0 Å². The molecule has 100 valence electrons. The first kappa shape index (κ1) is 13.5. The summed E-state index contributed by atoms with van der Waals surface area (Å²) in [7, 11) is -3.38. The Labute approximate surface area is 109 Å². The van der Waals surface area contributed by atoms with Gasteiger partial charge in [0.1, 0.15) is 0 Å². The molecular weight excluding hydrogens is 248 g/mol. The topological polar surface area (TPSA) is 63.4 Å². The molecule has 0 spiro atoms. The van der Waals surface area contributed by atoms with Crippen LogP contribution < -0.4 is 5.73 Å². The van der Waals surface area contributed by atoms with Gasteiger partial charge in [0, 0.05) is 18.6 Å². The summed E-state index contributed by atoms with van der Waals surface area (Å²) in [6, 6.07) is 5.49. The SMILES string of the molecule is CCC1(N)CN(S(=O)(=O)c2cc(C)ccc2C)C1. The first-order valence-corrected chi connectivity index (χ1v) is 7.59. The van der Waals surface area contributed by atoms with Gasteiger partial charge in [-0.25, -0.2) is 8.42 Å². The molecule has 0 unspecified atom stereocenters. The van der Waals surface area contributed by atoms with Crippen LogP contribution in [0.5, 0.6) is 0 Å². The summed E-state index contributed by atoms with van der Waals surface area (Å²) in [5.41, 5.74) is 7.42. The van der Waals surface area contributed by atoms with Gasteiger partial charge in [-0.15, -0.1) is 0 Å². The van der Waals surface area contributed by atoms with Crippen molar-refractivity contribution < 1.29 is 8.42 Å². The molecule has 1 heterocycles. The average Bonchev–Trinajstić information content (AvgIpc) is 2.28. The number of hydrogen-bond donors (Lipinski definition) is 1. The fourth-order valence-electron chi connectivity index (χ4n) is 2.17. The molecule has 5 heteroatoms. The number of sulfonamides is 1. The largest absolute Gasteiger partial charge is 0.323 e. The zero-order valence-corrected chi connectivity index (χ0v) is 11.9. The van der Waals surface area contributed by atoms with E-state index < -0.39 is 10.0 Å². The van der Waals surface area contributed by atoms with Crippen LogP contribution in [0.1, 0.15) is 24.5 Å². The number of hydrogen-bond acceptors (Lipinski definition) is 3. The lowest BCUT2D eigenvalue weighted by Crippen LogP contribution is -2.68. The van der Waals surface area contributed by atoms with Crippen molar-refractivity contribution in [1.29, 1.82) is 0 Å². The summed E-state index contributed by atoms with van der Waals surface area (Å²) < 4.78 is 26.4. The zero-order chi connectivity index (χ0) is 13.6. The number of rotatable bonds is 3. The monoisotopic (exact) mass is 268 g/mol. The molecule has 0 aliphatic carbocycles. The summed E-state index contributed by atoms with van der Waals surface area (Å²) in [5, 5.41) is 0. The molecule has 0 atom stereocenters. The molecule has 1 saturated heterocycles. The van der Waals surface area contributed by atoms with Crippen LogP contribution in [0, 0.1) is 13.8 Å². The average molecular weight is 268 g/mol. The van der Waals surface area contributed by atoms with Crippen molar-refractivity contribution in [3.63, 3.8) is 0 Å². The first-order chi connectivity index (χ1) is 8.28. The highest BCUT2D eigenvalue weighted by atomic mass is 32.2. The van der Waals surface area contributed by atoms with Crippen molar-refractivity contribution >= 4 is 10.0 Å². The molecule has 4 nitrogen and oxygen atoms in total. The molecule has 2 rings (SSSR count). The quantitative estimate of drug-likeness (QED) is 0.901. The zero-order valence-electron chi connectivity index (χ0n) is 11.1. The van der Waals surface area contributed by atoms with Crippen LogP contribution in [-0.2, 0) is 10.0 Å². The molecule has 0 saturated carbocycles. The maximum absolute atomic E-state index is 12.5. The smallest absolute Gasteiger partial charge is 0.243 e. The van der Waals surface area contributed by atoms with Crippen molar-refractivity contribution in [2.75, 3.05) is 13.1 Å². The Balaban J connectivity index is 2.31. The van der Waals surface area contributed by atoms with Crippen LogP contribution in [0.15, 0.2) is 23.1 Å². The van der Waals surface area contributed by atoms with Gasteiger partial charge in [-0.05, 0) is 37.5 Å². The van der Waals surface area contributed by atoms with Crippen molar-refractivity contribution in [3.8, 4) is 0 Å². The Morgan fingerprint density at radius 2 is 1.94 bits per heavy atom. The Morgan fingerprint density at radius 1 is 1.33 bits per heavy atom. The van der Waals surface area contributed by atoms with Gasteiger partial charge < -0.3 is 5.73 Å². The van der Waals surface area contributed by atoms with Crippen LogP contribution in [0.4, 0.5) is 0 Å². The fraction of sp³-hybridized carbons (Fsp3) is 0.538. The van der Waals surface area contributed by atoms with E-state index in [1.807, 2.05) is 32.9 Å². The maximum atomic E-state index is 12.5. The maximum Gasteiger partial charge on any atom is 0.243 e. The van der Waals surface area contributed by atoms with Gasteiger partial charge in [0.15, 0.2) is 0 Å². The summed E-state index contributed by atoms with van der Waals surface area (Å²) in [6.07, 6.45) is 0.797. The minimum absolute atomic E-state index is 0.342. The van der Waals surface area contributed by atoms with Crippen molar-refractivity contribution in [2.24, 2.45) is 5.73 Å². The second-order valence-electron chi connectivity index (χ2n) is 5.26. The number of nitrogens with two attached hydrogens (primary N) is 1. The van der Waals surface area contributed by atoms with E-state index in [-0.39, 0.29) is 5.54 Å². The minimum Gasteiger partial charge on any atom is -0.323 e. The van der Waals surface area contributed by atoms with Crippen LogP contribution in [0.25, 0.3) is 0 Å². The second kappa shape index (κ2) is 4.33. The predicted octanol–water partition coefficient (Wildman–Crippen LogP) is 1.42. The van der Waals surface area contributed by atoms with Crippen molar-refractivity contribution in [3.05, 3.63) is 29.3 Å². The van der Waals surface area contributed by atoms with Crippen molar-refractivity contribution in [2.45, 2.75) is 37.6 Å². The van der Waals surface area contributed by atoms with Gasteiger partial charge >= 0.3 is 0 Å². The summed E-state index contributed by atoms with van der Waals surface area (Å²) in [6.45, 7) is 6.54. The Kier molecular flexibility index (Phi) is 3.25. The van der Waals surface area contributed by atoms with E-state index in [9.17, 15) is 8.42 Å². The first-order valence-electron chi connectivity index (χ1n) is 6.15. The van der Waals surface area contributed by atoms with Gasteiger partial charge in [0.2, 0.25) is 10.0 Å². The van der Waals surface area contributed by atoms with E-state index in [1.54, 1.807) is 6.07 Å². The third-order valence-electron chi connectivity index (χ3n) is 3.65. The highest BCUT2D eigenvalue weighted by Gasteiger charge is 2.44. The van der Waals surface area contributed by atoms with E-state index in [1.165, 1.54) is 4.31 Å². The van der Waals surface area contributed by atoms with Gasteiger partial charge in [-0.3, -0.25) is 0 Å². The molecule has 1 aromatic carbocycles. The van der Waals surface area contributed by atoms with Crippen LogP contribution in [-0.4, -0.2) is 31.4 Å². The molecular formula is C13H20N2O2S. The molecule has 0 amide bonds. The standard InChI is InChI=1S/C13H20N2O2S/c1-4-13(14)8-15(9-13)18(16,17)12-7-10(2)5-6-11(12)3/h5-7H,4,8-9,14H2,1-3H3. The van der Waals surface area contributed by atoms with E-state index >= 15 is 0 Å². The summed E-state index contributed by atoms with van der Waals surface area (Å²) >= 11 is 0. The van der Waals surface area contributed by atoms with Crippen LogP contribution in [0.2, 0.25) is 0 Å². The molecule has 1 fully saturated rings. The third-order valence-corrected chi connectivity index (χ3v) is 5.58. The lowest BCUT2D eigenvalue weighted by molar-refractivity contribution is 0.153. The molecule has 1 aliphatic rings. The predicted molar refractivity (Wildman–Crippen MR) is 71.9 cm³/mol. The second-order valence-corrected chi connectivity index (χ2v) is 7.16. The van der Waals surface area contributed by atoms with E-state index in [0.717, 1.165) is 17.5 Å². The van der Waals surface area contributed by atoms with Gasteiger partial charge in [0.25, 0.3) is 0 Å². The number of benzene rings is 1. The Hall–Kier alpha value is -0.910. The molecule has 18 heavy (non-hydrogen) atoms. The Bertz CT molecular complexity index is 560. The molecule has 1 aromatic rings. The molecule has 0 radical (unpaired) electrons. The lowest BCUT2D eigenvalue weighted by atomic mass is 9.91. The molecule has 2 N–H and O–H groups in total. The normalized spacial score (nSPS) is 19.6. The van der Waals surface area contributed by atoms with E-state index in [0.29, 0.717) is 18.0 Å². The lowest BCUT2D eigenvalue weighted by Gasteiger charge is -2.46. The Morgan fingerprint density at radius 3 is 2.50 bits per heavy atom. The summed E-state index contributed by atoms with van der Waals surface area (Å²) in [4.78, 5) is 0.403. The van der Waals surface area contributed by atoms with Crippen LogP contribution in [0.3, 0.4) is 0 Å². The van der Waals surface area contributed by atoms with Gasteiger partial charge in [-0.2, -0.15) is 4.31 Å². The minimum atomic E-state index is -3.38. The molecule has 0 aromatic heterocycles. The third kappa shape index (κ3) is 2.18. The fourth-order valence-corrected chi connectivity index (χ4v) is 4.12. The van der Waals surface area contributed by atoms with E-state index in [4.69, 9.17) is 5.73 Å². The number of aryl methyl sites for hydroxylation is 2. The van der Waals surface area contributed by atoms with Crippen molar-refractivity contribution in [1.82, 2.24) is 4.31 Å². The molecule has 1 aliphatic heterocycles. The highest BCUT2D eigenvalue weighted by molar-refractivity contribution is 7.89.